The molecule has 0 saturated heterocycles. The Bertz CT molecular complexity index is 530. The molecule has 0 saturated carbocycles. The lowest BCUT2D eigenvalue weighted by atomic mass is 9.76. The number of benzene rings is 1. The highest BCUT2D eigenvalue weighted by Crippen LogP contribution is 2.36. The van der Waals surface area contributed by atoms with Gasteiger partial charge in [-0.25, -0.2) is 0 Å². The first-order chi connectivity index (χ1) is 11.0. The standard InChI is InChI=1S/C21H31NO/c1-4-5-6-10-13-20(23)19-17-22(15-14-21(19,2)3)16-18-11-8-7-9-12-18/h7-9,11-12,17H,4-6,10,13-16H2,1-3H3. The van der Waals surface area contributed by atoms with Crippen molar-refractivity contribution in [3.05, 3.63) is 47.7 Å². The van der Waals surface area contributed by atoms with Crippen LogP contribution in [0.3, 0.4) is 0 Å². The predicted molar refractivity (Wildman–Crippen MR) is 97.1 cm³/mol. The third-order valence-corrected chi connectivity index (χ3v) is 4.85. The van der Waals surface area contributed by atoms with E-state index >= 15 is 0 Å². The van der Waals surface area contributed by atoms with Crippen molar-refractivity contribution < 1.29 is 4.79 Å². The molecule has 0 amide bonds. The number of rotatable bonds is 8. The van der Waals surface area contributed by atoms with Crippen LogP contribution in [0.2, 0.25) is 0 Å². The first-order valence-electron chi connectivity index (χ1n) is 9.06. The summed E-state index contributed by atoms with van der Waals surface area (Å²) in [5.41, 5.74) is 2.34. The average molecular weight is 313 g/mol. The zero-order valence-corrected chi connectivity index (χ0v) is 15.0. The van der Waals surface area contributed by atoms with E-state index in [1.807, 2.05) is 6.07 Å². The van der Waals surface area contributed by atoms with Crippen molar-refractivity contribution in [3.8, 4) is 0 Å². The number of nitrogens with zero attached hydrogens (tertiary/aromatic N) is 1. The van der Waals surface area contributed by atoms with Crippen LogP contribution in [0.1, 0.15) is 64.9 Å². The molecule has 0 bridgehead atoms. The minimum absolute atomic E-state index is 0.00896. The molecule has 2 heteroatoms. The van der Waals surface area contributed by atoms with Crippen molar-refractivity contribution in [2.75, 3.05) is 6.54 Å². The normalized spacial score (nSPS) is 17.0. The smallest absolute Gasteiger partial charge is 0.160 e. The molecule has 0 aliphatic carbocycles. The molecule has 126 valence electrons. The first-order valence-corrected chi connectivity index (χ1v) is 9.06. The van der Waals surface area contributed by atoms with Gasteiger partial charge in [-0.05, 0) is 23.8 Å². The van der Waals surface area contributed by atoms with Gasteiger partial charge in [0.1, 0.15) is 0 Å². The Morgan fingerprint density at radius 3 is 2.57 bits per heavy atom. The van der Waals surface area contributed by atoms with E-state index in [1.165, 1.54) is 24.8 Å². The molecule has 1 aromatic carbocycles. The highest BCUT2D eigenvalue weighted by atomic mass is 16.1. The van der Waals surface area contributed by atoms with E-state index in [4.69, 9.17) is 0 Å². The maximum absolute atomic E-state index is 12.7. The van der Waals surface area contributed by atoms with Gasteiger partial charge in [-0.2, -0.15) is 0 Å². The van der Waals surface area contributed by atoms with E-state index in [1.54, 1.807) is 0 Å². The third-order valence-electron chi connectivity index (χ3n) is 4.85. The number of Topliss-reactive ketones (excluding diaryl/α,β-unsaturated/α-hetero) is 1. The van der Waals surface area contributed by atoms with Gasteiger partial charge in [0.2, 0.25) is 0 Å². The fraction of sp³-hybridized carbons (Fsp3) is 0.571. The highest BCUT2D eigenvalue weighted by Gasteiger charge is 2.32. The van der Waals surface area contributed by atoms with E-state index in [-0.39, 0.29) is 5.41 Å². The van der Waals surface area contributed by atoms with E-state index in [0.29, 0.717) is 12.2 Å². The number of hydrogen-bond acceptors (Lipinski definition) is 2. The lowest BCUT2D eigenvalue weighted by Crippen LogP contribution is -2.34. The van der Waals surface area contributed by atoms with Crippen LogP contribution in [0.4, 0.5) is 0 Å². The topological polar surface area (TPSA) is 20.3 Å². The predicted octanol–water partition coefficient (Wildman–Crippen LogP) is 5.34. The second-order valence-electron chi connectivity index (χ2n) is 7.37. The monoisotopic (exact) mass is 313 g/mol. The molecule has 1 aliphatic rings. The Kier molecular flexibility index (Phi) is 6.44. The van der Waals surface area contributed by atoms with Crippen LogP contribution in [0, 0.1) is 5.41 Å². The fourth-order valence-corrected chi connectivity index (χ4v) is 3.22. The third kappa shape index (κ3) is 5.23. The Morgan fingerprint density at radius 2 is 1.87 bits per heavy atom. The van der Waals surface area contributed by atoms with Gasteiger partial charge >= 0.3 is 0 Å². The van der Waals surface area contributed by atoms with Crippen molar-refractivity contribution in [2.45, 2.75) is 65.8 Å². The maximum Gasteiger partial charge on any atom is 0.160 e. The Balaban J connectivity index is 2.02. The second kappa shape index (κ2) is 8.33. The molecule has 1 aliphatic heterocycles. The van der Waals surface area contributed by atoms with Crippen LogP contribution >= 0.6 is 0 Å². The summed E-state index contributed by atoms with van der Waals surface area (Å²) in [4.78, 5) is 15.0. The summed E-state index contributed by atoms with van der Waals surface area (Å²) in [5, 5.41) is 0. The van der Waals surface area contributed by atoms with Gasteiger partial charge in [0.25, 0.3) is 0 Å². The van der Waals surface area contributed by atoms with Crippen LogP contribution in [0.5, 0.6) is 0 Å². The molecule has 0 unspecified atom stereocenters. The summed E-state index contributed by atoms with van der Waals surface area (Å²) >= 11 is 0. The van der Waals surface area contributed by atoms with Crippen molar-refractivity contribution >= 4 is 5.78 Å². The van der Waals surface area contributed by atoms with Crippen molar-refractivity contribution in [3.63, 3.8) is 0 Å². The highest BCUT2D eigenvalue weighted by molar-refractivity contribution is 5.96. The van der Waals surface area contributed by atoms with Crippen molar-refractivity contribution in [2.24, 2.45) is 5.41 Å². The summed E-state index contributed by atoms with van der Waals surface area (Å²) in [6.07, 6.45) is 8.53. The number of allylic oxidation sites excluding steroid dienone is 1. The molecule has 0 spiro atoms. The molecule has 0 N–H and O–H groups in total. The molecule has 0 atom stereocenters. The van der Waals surface area contributed by atoms with Gasteiger partial charge in [0.05, 0.1) is 0 Å². The molecule has 2 rings (SSSR count). The summed E-state index contributed by atoms with van der Waals surface area (Å²) < 4.78 is 0. The zero-order chi connectivity index (χ0) is 16.7. The molecular formula is C21H31NO. The van der Waals surface area contributed by atoms with Gasteiger partial charge in [-0.1, -0.05) is 70.4 Å². The number of carbonyl (C=O) groups is 1. The molecule has 23 heavy (non-hydrogen) atoms. The van der Waals surface area contributed by atoms with Gasteiger partial charge in [-0.15, -0.1) is 0 Å². The van der Waals surface area contributed by atoms with Gasteiger partial charge in [0, 0.05) is 31.3 Å². The van der Waals surface area contributed by atoms with E-state index in [0.717, 1.165) is 31.5 Å². The zero-order valence-electron chi connectivity index (χ0n) is 15.0. The lowest BCUT2D eigenvalue weighted by molar-refractivity contribution is -0.117. The lowest BCUT2D eigenvalue weighted by Gasteiger charge is -2.37. The minimum Gasteiger partial charge on any atom is -0.373 e. The van der Waals surface area contributed by atoms with E-state index in [2.05, 4.69) is 56.1 Å². The largest absolute Gasteiger partial charge is 0.373 e. The molecule has 0 radical (unpaired) electrons. The SMILES string of the molecule is CCCCCCC(=O)C1=CN(Cc2ccccc2)CCC1(C)C. The van der Waals surface area contributed by atoms with Crippen LogP contribution in [0.15, 0.2) is 42.1 Å². The van der Waals surface area contributed by atoms with Crippen LogP contribution < -0.4 is 0 Å². The van der Waals surface area contributed by atoms with Gasteiger partial charge in [0.15, 0.2) is 5.78 Å². The summed E-state index contributed by atoms with van der Waals surface area (Å²) in [7, 11) is 0. The quantitative estimate of drug-likeness (QED) is 0.604. The molecule has 0 fully saturated rings. The number of carbonyl (C=O) groups excluding carboxylic acids is 1. The second-order valence-corrected chi connectivity index (χ2v) is 7.37. The Labute approximate surface area is 141 Å². The average Bonchev–Trinajstić information content (AvgIpc) is 2.54. The molecule has 1 aromatic rings. The number of ketones is 1. The maximum atomic E-state index is 12.7. The molecule has 1 heterocycles. The fourth-order valence-electron chi connectivity index (χ4n) is 3.22. The Hall–Kier alpha value is -1.57. The van der Waals surface area contributed by atoms with E-state index < -0.39 is 0 Å². The van der Waals surface area contributed by atoms with Crippen LogP contribution in [-0.2, 0) is 11.3 Å². The number of hydrogen-bond donors (Lipinski definition) is 0. The molecular weight excluding hydrogens is 282 g/mol. The van der Waals surface area contributed by atoms with Gasteiger partial charge in [-0.3, -0.25) is 4.79 Å². The first kappa shape index (κ1) is 17.8. The van der Waals surface area contributed by atoms with Crippen molar-refractivity contribution in [1.29, 1.82) is 0 Å². The summed E-state index contributed by atoms with van der Waals surface area (Å²) in [6.45, 7) is 8.54. The van der Waals surface area contributed by atoms with Gasteiger partial charge < -0.3 is 4.90 Å². The van der Waals surface area contributed by atoms with Crippen LogP contribution in [-0.4, -0.2) is 17.2 Å². The molecule has 2 nitrogen and oxygen atoms in total. The summed E-state index contributed by atoms with van der Waals surface area (Å²) in [5.74, 6) is 0.351. The number of unbranched alkanes of at least 4 members (excludes halogenated alkanes) is 3. The Morgan fingerprint density at radius 1 is 1.13 bits per heavy atom. The van der Waals surface area contributed by atoms with Crippen LogP contribution in [0.25, 0.3) is 0 Å². The summed E-state index contributed by atoms with van der Waals surface area (Å²) in [6, 6.07) is 10.5. The van der Waals surface area contributed by atoms with Crippen molar-refractivity contribution in [1.82, 2.24) is 4.90 Å². The minimum atomic E-state index is 0.00896. The molecule has 0 aromatic heterocycles. The van der Waals surface area contributed by atoms with E-state index in [9.17, 15) is 4.79 Å².